The van der Waals surface area contributed by atoms with Gasteiger partial charge in [-0.3, -0.25) is 4.79 Å². The molecule has 5 heteroatoms. The molecule has 1 aromatic carbocycles. The summed E-state index contributed by atoms with van der Waals surface area (Å²) in [5, 5.41) is 2.75. The maximum absolute atomic E-state index is 12.9. The number of hydrogen-bond donors (Lipinski definition) is 2. The van der Waals surface area contributed by atoms with Gasteiger partial charge in [-0.25, -0.2) is 4.39 Å². The number of carbonyl (C=O) groups is 1. The van der Waals surface area contributed by atoms with Crippen molar-refractivity contribution in [2.24, 2.45) is 0 Å². The topological polar surface area (TPSA) is 64.4 Å². The van der Waals surface area contributed by atoms with Crippen molar-refractivity contribution in [1.29, 1.82) is 0 Å². The Kier molecular flexibility index (Phi) is 3.58. The Morgan fingerprint density at radius 2 is 2.41 bits per heavy atom. The predicted octanol–water partition coefficient (Wildman–Crippen LogP) is 1.32. The molecule has 0 saturated carbocycles. The first kappa shape index (κ1) is 11.9. The number of nitrogen functional groups attached to an aromatic ring is 1. The van der Waals surface area contributed by atoms with E-state index < -0.39 is 5.82 Å². The fourth-order valence-corrected chi connectivity index (χ4v) is 1.80. The highest BCUT2D eigenvalue weighted by atomic mass is 19.1. The van der Waals surface area contributed by atoms with Crippen molar-refractivity contribution in [3.8, 4) is 0 Å². The van der Waals surface area contributed by atoms with Crippen molar-refractivity contribution in [3.05, 3.63) is 29.6 Å². The van der Waals surface area contributed by atoms with Crippen LogP contribution in [0.2, 0.25) is 0 Å². The fourth-order valence-electron chi connectivity index (χ4n) is 1.80. The minimum absolute atomic E-state index is 0.0187. The molecule has 0 bridgehead atoms. The van der Waals surface area contributed by atoms with Crippen LogP contribution in [-0.2, 0) is 4.74 Å². The van der Waals surface area contributed by atoms with Crippen molar-refractivity contribution in [1.82, 2.24) is 5.32 Å². The van der Waals surface area contributed by atoms with Crippen LogP contribution in [0.1, 0.15) is 23.2 Å². The van der Waals surface area contributed by atoms with E-state index in [4.69, 9.17) is 10.5 Å². The second kappa shape index (κ2) is 5.14. The summed E-state index contributed by atoms with van der Waals surface area (Å²) < 4.78 is 18.3. The lowest BCUT2D eigenvalue weighted by atomic mass is 10.1. The summed E-state index contributed by atoms with van der Waals surface area (Å²) in [5.74, 6) is -0.770. The Labute approximate surface area is 98.9 Å². The number of carbonyl (C=O) groups excluding carboxylic acids is 1. The summed E-state index contributed by atoms with van der Waals surface area (Å²) in [7, 11) is 0. The Hall–Kier alpha value is -1.62. The van der Waals surface area contributed by atoms with Gasteiger partial charge in [0, 0.05) is 18.7 Å². The number of ether oxygens (including phenoxy) is 1. The van der Waals surface area contributed by atoms with Gasteiger partial charge < -0.3 is 15.8 Å². The predicted molar refractivity (Wildman–Crippen MR) is 62.1 cm³/mol. The average Bonchev–Trinajstić information content (AvgIpc) is 2.82. The quantitative estimate of drug-likeness (QED) is 0.780. The fraction of sp³-hybridized carbons (Fsp3) is 0.417. The van der Waals surface area contributed by atoms with Gasteiger partial charge in [0.15, 0.2) is 0 Å². The third-order valence-corrected chi connectivity index (χ3v) is 2.77. The lowest BCUT2D eigenvalue weighted by molar-refractivity contribution is 0.0858. The molecule has 0 spiro atoms. The first-order valence-electron chi connectivity index (χ1n) is 5.61. The van der Waals surface area contributed by atoms with E-state index >= 15 is 0 Å². The maximum atomic E-state index is 12.9. The summed E-state index contributed by atoms with van der Waals surface area (Å²) in [6.07, 6.45) is 2.09. The van der Waals surface area contributed by atoms with Crippen molar-refractivity contribution in [2.45, 2.75) is 18.9 Å². The largest absolute Gasteiger partial charge is 0.396 e. The van der Waals surface area contributed by atoms with Crippen molar-refractivity contribution in [2.75, 3.05) is 18.9 Å². The first-order valence-corrected chi connectivity index (χ1v) is 5.61. The molecule has 0 aromatic heterocycles. The molecular formula is C12H15FN2O2. The summed E-state index contributed by atoms with van der Waals surface area (Å²) >= 11 is 0. The molecule has 0 radical (unpaired) electrons. The highest BCUT2D eigenvalue weighted by Crippen LogP contribution is 2.13. The number of rotatable bonds is 3. The molecule has 1 heterocycles. The van der Waals surface area contributed by atoms with Crippen LogP contribution in [0.25, 0.3) is 0 Å². The van der Waals surface area contributed by atoms with E-state index in [0.717, 1.165) is 19.4 Å². The summed E-state index contributed by atoms with van der Waals surface area (Å²) in [5.41, 5.74) is 5.74. The zero-order valence-electron chi connectivity index (χ0n) is 9.41. The molecule has 4 nitrogen and oxygen atoms in total. The average molecular weight is 238 g/mol. The Morgan fingerprint density at radius 1 is 1.59 bits per heavy atom. The molecular weight excluding hydrogens is 223 g/mol. The van der Waals surface area contributed by atoms with Crippen molar-refractivity contribution >= 4 is 11.6 Å². The summed E-state index contributed by atoms with van der Waals surface area (Å²) in [4.78, 5) is 11.7. The number of amides is 1. The van der Waals surface area contributed by atoms with Crippen LogP contribution in [0, 0.1) is 5.82 Å². The van der Waals surface area contributed by atoms with Gasteiger partial charge in [-0.05, 0) is 31.0 Å². The molecule has 1 aliphatic rings. The monoisotopic (exact) mass is 238 g/mol. The Balaban J connectivity index is 1.92. The second-order valence-electron chi connectivity index (χ2n) is 4.08. The normalized spacial score (nSPS) is 19.2. The van der Waals surface area contributed by atoms with E-state index in [0.29, 0.717) is 12.1 Å². The molecule has 1 saturated heterocycles. The molecule has 1 aliphatic heterocycles. The van der Waals surface area contributed by atoms with Gasteiger partial charge in [0.1, 0.15) is 5.82 Å². The number of benzene rings is 1. The van der Waals surface area contributed by atoms with E-state index in [9.17, 15) is 9.18 Å². The van der Waals surface area contributed by atoms with Crippen LogP contribution in [0.5, 0.6) is 0 Å². The van der Waals surface area contributed by atoms with Crippen LogP contribution in [0.3, 0.4) is 0 Å². The zero-order chi connectivity index (χ0) is 12.3. The molecule has 17 heavy (non-hydrogen) atoms. The summed E-state index contributed by atoms with van der Waals surface area (Å²) in [6.45, 7) is 1.24. The van der Waals surface area contributed by atoms with Crippen LogP contribution < -0.4 is 11.1 Å². The highest BCUT2D eigenvalue weighted by Gasteiger charge is 2.16. The van der Waals surface area contributed by atoms with E-state index in [1.165, 1.54) is 18.2 Å². The van der Waals surface area contributed by atoms with Crippen LogP contribution in [-0.4, -0.2) is 25.2 Å². The van der Waals surface area contributed by atoms with E-state index in [-0.39, 0.29) is 17.7 Å². The third-order valence-electron chi connectivity index (χ3n) is 2.77. The Morgan fingerprint density at radius 3 is 3.06 bits per heavy atom. The minimum Gasteiger partial charge on any atom is -0.396 e. The van der Waals surface area contributed by atoms with Crippen LogP contribution in [0.4, 0.5) is 10.1 Å². The van der Waals surface area contributed by atoms with Gasteiger partial charge in [-0.15, -0.1) is 0 Å². The van der Waals surface area contributed by atoms with Gasteiger partial charge in [0.05, 0.1) is 11.8 Å². The Bertz CT molecular complexity index is 417. The molecule has 1 aromatic rings. The molecule has 1 fully saturated rings. The van der Waals surface area contributed by atoms with Gasteiger partial charge in [0.25, 0.3) is 5.91 Å². The zero-order valence-corrected chi connectivity index (χ0v) is 9.41. The number of anilines is 1. The molecule has 92 valence electrons. The lowest BCUT2D eigenvalue weighted by Gasteiger charge is -2.11. The highest BCUT2D eigenvalue weighted by molar-refractivity contribution is 5.95. The minimum atomic E-state index is -0.513. The molecule has 1 atom stereocenters. The molecule has 1 amide bonds. The molecule has 0 aliphatic carbocycles. The van der Waals surface area contributed by atoms with E-state index in [1.807, 2.05) is 0 Å². The number of nitrogens with one attached hydrogen (secondary N) is 1. The molecule has 2 rings (SSSR count). The number of nitrogens with two attached hydrogens (primary N) is 1. The van der Waals surface area contributed by atoms with Crippen molar-refractivity contribution < 1.29 is 13.9 Å². The van der Waals surface area contributed by atoms with Crippen LogP contribution in [0.15, 0.2) is 18.2 Å². The van der Waals surface area contributed by atoms with Gasteiger partial charge >= 0.3 is 0 Å². The maximum Gasteiger partial charge on any atom is 0.251 e. The first-order chi connectivity index (χ1) is 8.16. The van der Waals surface area contributed by atoms with Gasteiger partial charge in [0.2, 0.25) is 0 Å². The number of halogens is 1. The standard InChI is InChI=1S/C12H15FN2O2/c13-10-4-3-8(6-11(10)14)12(16)15-7-9-2-1-5-17-9/h3-4,6,9H,1-2,5,7,14H2,(H,15,16). The van der Waals surface area contributed by atoms with Gasteiger partial charge in [-0.2, -0.15) is 0 Å². The third kappa shape index (κ3) is 2.94. The van der Waals surface area contributed by atoms with E-state index in [1.54, 1.807) is 0 Å². The van der Waals surface area contributed by atoms with Gasteiger partial charge in [-0.1, -0.05) is 0 Å². The van der Waals surface area contributed by atoms with Crippen LogP contribution >= 0.6 is 0 Å². The smallest absolute Gasteiger partial charge is 0.251 e. The lowest BCUT2D eigenvalue weighted by Crippen LogP contribution is -2.31. The number of hydrogen-bond acceptors (Lipinski definition) is 3. The van der Waals surface area contributed by atoms with Crippen molar-refractivity contribution in [3.63, 3.8) is 0 Å². The van der Waals surface area contributed by atoms with E-state index in [2.05, 4.69) is 5.32 Å². The molecule has 3 N–H and O–H groups in total. The second-order valence-corrected chi connectivity index (χ2v) is 4.08. The molecule has 1 unspecified atom stereocenters. The SMILES string of the molecule is Nc1cc(C(=O)NCC2CCCO2)ccc1F. The summed E-state index contributed by atoms with van der Waals surface area (Å²) in [6, 6.07) is 3.94.